The van der Waals surface area contributed by atoms with E-state index in [0.29, 0.717) is 18.2 Å². The lowest BCUT2D eigenvalue weighted by molar-refractivity contribution is -0.121. The number of rotatable bonds is 7. The Morgan fingerprint density at radius 3 is 2.47 bits per heavy atom. The van der Waals surface area contributed by atoms with Gasteiger partial charge >= 0.3 is 5.69 Å². The molecule has 0 atom stereocenters. The Morgan fingerprint density at radius 2 is 1.80 bits per heavy atom. The SMILES string of the molecule is CCn1c(=O)n(CC(=O)NCc2nc(-c3ccc(OC)cc3)n[nH]2)c2ccccc21. The number of amides is 1. The monoisotopic (exact) mass is 406 g/mol. The van der Waals surface area contributed by atoms with E-state index in [1.807, 2.05) is 55.5 Å². The van der Waals surface area contributed by atoms with Crippen molar-refractivity contribution in [1.29, 1.82) is 0 Å². The van der Waals surface area contributed by atoms with Gasteiger partial charge in [-0.3, -0.25) is 19.0 Å². The number of carbonyl (C=O) groups is 1. The molecule has 154 valence electrons. The van der Waals surface area contributed by atoms with Gasteiger partial charge < -0.3 is 10.1 Å². The van der Waals surface area contributed by atoms with E-state index >= 15 is 0 Å². The predicted molar refractivity (Wildman–Crippen MR) is 112 cm³/mol. The Kier molecular flexibility index (Phi) is 5.34. The first-order valence-corrected chi connectivity index (χ1v) is 9.61. The number of para-hydroxylation sites is 2. The van der Waals surface area contributed by atoms with E-state index in [0.717, 1.165) is 22.3 Å². The number of hydrogen-bond acceptors (Lipinski definition) is 5. The molecule has 0 saturated heterocycles. The van der Waals surface area contributed by atoms with E-state index in [-0.39, 0.29) is 24.7 Å². The van der Waals surface area contributed by atoms with Crippen molar-refractivity contribution in [2.75, 3.05) is 7.11 Å². The van der Waals surface area contributed by atoms with Crippen LogP contribution < -0.4 is 15.7 Å². The fourth-order valence-electron chi connectivity index (χ4n) is 3.36. The number of benzene rings is 2. The average molecular weight is 406 g/mol. The van der Waals surface area contributed by atoms with Crippen molar-refractivity contribution in [1.82, 2.24) is 29.6 Å². The number of imidazole rings is 1. The number of aromatic nitrogens is 5. The highest BCUT2D eigenvalue weighted by Crippen LogP contribution is 2.19. The maximum Gasteiger partial charge on any atom is 0.329 e. The molecule has 0 radical (unpaired) electrons. The number of nitrogens with zero attached hydrogens (tertiary/aromatic N) is 4. The van der Waals surface area contributed by atoms with Crippen LogP contribution in [0, 0.1) is 0 Å². The lowest BCUT2D eigenvalue weighted by Gasteiger charge is -2.04. The fraction of sp³-hybridized carbons (Fsp3) is 0.238. The number of aromatic amines is 1. The van der Waals surface area contributed by atoms with Gasteiger partial charge in [0.25, 0.3) is 0 Å². The Balaban J connectivity index is 1.44. The van der Waals surface area contributed by atoms with E-state index in [4.69, 9.17) is 4.74 Å². The Labute approximate surface area is 172 Å². The highest BCUT2D eigenvalue weighted by molar-refractivity contribution is 5.80. The van der Waals surface area contributed by atoms with Gasteiger partial charge in [0.2, 0.25) is 5.91 Å². The first-order valence-electron chi connectivity index (χ1n) is 9.61. The minimum Gasteiger partial charge on any atom is -0.497 e. The van der Waals surface area contributed by atoms with Gasteiger partial charge in [-0.15, -0.1) is 0 Å². The molecular formula is C21H22N6O3. The summed E-state index contributed by atoms with van der Waals surface area (Å²) in [6.07, 6.45) is 0. The van der Waals surface area contributed by atoms with Gasteiger partial charge in [-0.1, -0.05) is 12.1 Å². The second-order valence-corrected chi connectivity index (χ2v) is 6.71. The lowest BCUT2D eigenvalue weighted by atomic mass is 10.2. The summed E-state index contributed by atoms with van der Waals surface area (Å²) < 4.78 is 8.28. The molecule has 4 rings (SSSR count). The van der Waals surface area contributed by atoms with Gasteiger partial charge in [0, 0.05) is 12.1 Å². The number of carbonyl (C=O) groups excluding carboxylic acids is 1. The van der Waals surface area contributed by atoms with E-state index in [1.165, 1.54) is 4.57 Å². The quantitative estimate of drug-likeness (QED) is 0.488. The van der Waals surface area contributed by atoms with E-state index in [1.54, 1.807) is 11.7 Å². The molecule has 0 bridgehead atoms. The molecule has 30 heavy (non-hydrogen) atoms. The largest absolute Gasteiger partial charge is 0.497 e. The molecule has 9 heteroatoms. The van der Waals surface area contributed by atoms with Crippen molar-refractivity contribution >= 4 is 16.9 Å². The van der Waals surface area contributed by atoms with Gasteiger partial charge in [0.15, 0.2) is 5.82 Å². The van der Waals surface area contributed by atoms with Gasteiger partial charge in [-0.25, -0.2) is 9.78 Å². The minimum atomic E-state index is -0.279. The minimum absolute atomic E-state index is 0.0637. The molecule has 2 aromatic carbocycles. The summed E-state index contributed by atoms with van der Waals surface area (Å²) in [5.74, 6) is 1.53. The van der Waals surface area contributed by atoms with Crippen molar-refractivity contribution < 1.29 is 9.53 Å². The molecular weight excluding hydrogens is 384 g/mol. The van der Waals surface area contributed by atoms with Gasteiger partial charge in [0.05, 0.1) is 24.7 Å². The first kappa shape index (κ1) is 19.4. The van der Waals surface area contributed by atoms with Gasteiger partial charge in [-0.2, -0.15) is 5.10 Å². The molecule has 0 unspecified atom stereocenters. The molecule has 0 saturated carbocycles. The third-order valence-electron chi connectivity index (χ3n) is 4.88. The van der Waals surface area contributed by atoms with Crippen molar-refractivity contribution in [3.05, 3.63) is 64.8 Å². The Morgan fingerprint density at radius 1 is 1.10 bits per heavy atom. The van der Waals surface area contributed by atoms with Crippen LogP contribution in [0.4, 0.5) is 0 Å². The Hall–Kier alpha value is -3.88. The number of fused-ring (bicyclic) bond motifs is 1. The standard InChI is InChI=1S/C21H22N6O3/c1-3-26-16-6-4-5-7-17(16)27(21(26)29)13-19(28)22-12-18-23-20(25-24-18)14-8-10-15(30-2)11-9-14/h4-11H,3,12-13H2,1-2H3,(H,22,28)(H,23,24,25). The molecule has 9 nitrogen and oxygen atoms in total. The Bertz CT molecular complexity index is 1240. The van der Waals surface area contributed by atoms with E-state index in [9.17, 15) is 9.59 Å². The second kappa shape index (κ2) is 8.24. The third-order valence-corrected chi connectivity index (χ3v) is 4.88. The zero-order valence-corrected chi connectivity index (χ0v) is 16.8. The summed E-state index contributed by atoms with van der Waals surface area (Å²) >= 11 is 0. The normalized spacial score (nSPS) is 11.0. The van der Waals surface area contributed by atoms with Crippen LogP contribution >= 0.6 is 0 Å². The summed E-state index contributed by atoms with van der Waals surface area (Å²) in [5.41, 5.74) is 2.19. The fourth-order valence-corrected chi connectivity index (χ4v) is 3.36. The molecule has 2 N–H and O–H groups in total. The number of nitrogens with one attached hydrogen (secondary N) is 2. The zero-order chi connectivity index (χ0) is 21.1. The van der Waals surface area contributed by atoms with Crippen LogP contribution in [0.3, 0.4) is 0 Å². The van der Waals surface area contributed by atoms with Crippen LogP contribution in [0.5, 0.6) is 5.75 Å². The van der Waals surface area contributed by atoms with Crippen molar-refractivity contribution in [2.45, 2.75) is 26.6 Å². The molecule has 0 aliphatic rings. The van der Waals surface area contributed by atoms with Gasteiger partial charge in [0.1, 0.15) is 18.1 Å². The average Bonchev–Trinajstić information content (AvgIpc) is 3.35. The highest BCUT2D eigenvalue weighted by atomic mass is 16.5. The topological polar surface area (TPSA) is 107 Å². The maximum absolute atomic E-state index is 12.6. The molecule has 4 aromatic rings. The molecule has 2 heterocycles. The molecule has 2 aromatic heterocycles. The number of aryl methyl sites for hydroxylation is 1. The van der Waals surface area contributed by atoms with Crippen molar-refractivity contribution in [2.24, 2.45) is 0 Å². The molecule has 0 aliphatic carbocycles. The summed E-state index contributed by atoms with van der Waals surface area (Å²) in [5, 5.41) is 9.80. The number of hydrogen-bond donors (Lipinski definition) is 2. The molecule has 1 amide bonds. The lowest BCUT2D eigenvalue weighted by Crippen LogP contribution is -2.33. The number of ether oxygens (including phenoxy) is 1. The summed E-state index contributed by atoms with van der Waals surface area (Å²) in [4.78, 5) is 29.5. The third kappa shape index (κ3) is 3.69. The van der Waals surface area contributed by atoms with Crippen LogP contribution in [0.15, 0.2) is 53.3 Å². The molecule has 0 aliphatic heterocycles. The van der Waals surface area contributed by atoms with Crippen LogP contribution in [0.25, 0.3) is 22.4 Å². The molecule has 0 spiro atoms. The smallest absolute Gasteiger partial charge is 0.329 e. The van der Waals surface area contributed by atoms with Crippen LogP contribution in [0.1, 0.15) is 12.7 Å². The number of H-pyrrole nitrogens is 1. The maximum atomic E-state index is 12.6. The van der Waals surface area contributed by atoms with E-state index in [2.05, 4.69) is 20.5 Å². The van der Waals surface area contributed by atoms with E-state index < -0.39 is 0 Å². The van der Waals surface area contributed by atoms with Crippen molar-refractivity contribution in [3.63, 3.8) is 0 Å². The number of methoxy groups -OCH3 is 1. The van der Waals surface area contributed by atoms with Crippen LogP contribution in [-0.2, 0) is 24.4 Å². The highest BCUT2D eigenvalue weighted by Gasteiger charge is 2.15. The van der Waals surface area contributed by atoms with Crippen LogP contribution in [0.2, 0.25) is 0 Å². The first-order chi connectivity index (χ1) is 14.6. The zero-order valence-electron chi connectivity index (χ0n) is 16.8. The summed E-state index contributed by atoms with van der Waals surface area (Å²) in [6, 6.07) is 14.8. The molecule has 0 fully saturated rings. The van der Waals surface area contributed by atoms with Gasteiger partial charge in [-0.05, 0) is 43.3 Å². The van der Waals surface area contributed by atoms with Crippen LogP contribution in [-0.4, -0.2) is 37.3 Å². The summed E-state index contributed by atoms with van der Waals surface area (Å²) in [7, 11) is 1.61. The van der Waals surface area contributed by atoms with Crippen molar-refractivity contribution in [3.8, 4) is 17.1 Å². The summed E-state index contributed by atoms with van der Waals surface area (Å²) in [6.45, 7) is 2.57. The predicted octanol–water partition coefficient (Wildman–Crippen LogP) is 1.93. The second-order valence-electron chi connectivity index (χ2n) is 6.71.